The van der Waals surface area contributed by atoms with Gasteiger partial charge in [0.2, 0.25) is 0 Å². The molecule has 80 valence electrons. The summed E-state index contributed by atoms with van der Waals surface area (Å²) in [7, 11) is 1.73. The van der Waals surface area contributed by atoms with E-state index in [1.54, 1.807) is 11.9 Å². The predicted molar refractivity (Wildman–Crippen MR) is 57.5 cm³/mol. The van der Waals surface area contributed by atoms with Crippen LogP contribution in [0.3, 0.4) is 0 Å². The van der Waals surface area contributed by atoms with Crippen LogP contribution in [0.15, 0.2) is 24.3 Å². The van der Waals surface area contributed by atoms with Crippen LogP contribution < -0.4 is 5.73 Å². The van der Waals surface area contributed by atoms with Crippen molar-refractivity contribution in [2.24, 2.45) is 0 Å². The van der Waals surface area contributed by atoms with Crippen molar-refractivity contribution in [3.05, 3.63) is 29.8 Å². The number of benzene rings is 1. The number of anilines is 1. The van der Waals surface area contributed by atoms with Crippen LogP contribution in [0, 0.1) is 0 Å². The lowest BCUT2D eigenvalue weighted by Gasteiger charge is -2.09. The zero-order chi connectivity index (χ0) is 10.8. The Morgan fingerprint density at radius 3 is 2.87 bits per heavy atom. The SMILES string of the molecule is CN1CC(Cc2ccccc2N)OC1=O. The number of para-hydroxylation sites is 1. The lowest BCUT2D eigenvalue weighted by atomic mass is 10.1. The first kappa shape index (κ1) is 9.83. The zero-order valence-electron chi connectivity index (χ0n) is 8.64. The van der Waals surface area contributed by atoms with Gasteiger partial charge in [-0.1, -0.05) is 18.2 Å². The number of carbonyl (C=O) groups excluding carboxylic acids is 1. The van der Waals surface area contributed by atoms with E-state index in [1.165, 1.54) is 0 Å². The van der Waals surface area contributed by atoms with E-state index in [2.05, 4.69) is 0 Å². The second kappa shape index (κ2) is 3.81. The molecule has 1 aliphatic heterocycles. The van der Waals surface area contributed by atoms with Crippen LogP contribution in [0.1, 0.15) is 5.56 Å². The summed E-state index contributed by atoms with van der Waals surface area (Å²) in [6.07, 6.45) is 0.352. The monoisotopic (exact) mass is 206 g/mol. The number of hydrogen-bond donors (Lipinski definition) is 1. The van der Waals surface area contributed by atoms with E-state index >= 15 is 0 Å². The van der Waals surface area contributed by atoms with Gasteiger partial charge in [0.15, 0.2) is 0 Å². The second-order valence-corrected chi connectivity index (χ2v) is 3.79. The fourth-order valence-corrected chi connectivity index (χ4v) is 1.72. The lowest BCUT2D eigenvalue weighted by molar-refractivity contribution is 0.134. The van der Waals surface area contributed by atoms with E-state index in [0.29, 0.717) is 13.0 Å². The highest BCUT2D eigenvalue weighted by Gasteiger charge is 2.28. The highest BCUT2D eigenvalue weighted by Crippen LogP contribution is 2.18. The van der Waals surface area contributed by atoms with Crippen LogP contribution in [-0.2, 0) is 11.2 Å². The standard InChI is InChI=1S/C11H14N2O2/c1-13-7-9(15-11(13)14)6-8-4-2-3-5-10(8)12/h2-5,9H,6-7,12H2,1H3. The molecule has 1 atom stereocenters. The Bertz CT molecular complexity index is 379. The van der Waals surface area contributed by atoms with Crippen LogP contribution in [0.4, 0.5) is 10.5 Å². The van der Waals surface area contributed by atoms with Gasteiger partial charge in [0.1, 0.15) is 6.10 Å². The predicted octanol–water partition coefficient (Wildman–Crippen LogP) is 1.26. The van der Waals surface area contributed by atoms with Crippen molar-refractivity contribution in [2.45, 2.75) is 12.5 Å². The number of cyclic esters (lactones) is 1. The molecule has 1 saturated heterocycles. The number of carbonyl (C=O) groups is 1. The summed E-state index contributed by atoms with van der Waals surface area (Å²) in [5.74, 6) is 0. The average Bonchev–Trinajstić information content (AvgIpc) is 2.50. The third-order valence-electron chi connectivity index (χ3n) is 2.56. The van der Waals surface area contributed by atoms with E-state index in [4.69, 9.17) is 10.5 Å². The first-order chi connectivity index (χ1) is 7.16. The Balaban J connectivity index is 2.05. The number of hydrogen-bond acceptors (Lipinski definition) is 3. The summed E-state index contributed by atoms with van der Waals surface area (Å²) in [6.45, 7) is 0.632. The molecule has 4 heteroatoms. The Labute approximate surface area is 88.6 Å². The molecule has 4 nitrogen and oxygen atoms in total. The Morgan fingerprint density at radius 2 is 2.27 bits per heavy atom. The van der Waals surface area contributed by atoms with Crippen molar-refractivity contribution in [3.63, 3.8) is 0 Å². The highest BCUT2D eigenvalue weighted by atomic mass is 16.6. The molecule has 1 fully saturated rings. The van der Waals surface area contributed by atoms with E-state index in [-0.39, 0.29) is 12.2 Å². The van der Waals surface area contributed by atoms with E-state index < -0.39 is 0 Å². The molecule has 1 aromatic carbocycles. The first-order valence-corrected chi connectivity index (χ1v) is 4.92. The molecule has 15 heavy (non-hydrogen) atoms. The van der Waals surface area contributed by atoms with Gasteiger partial charge in [-0.15, -0.1) is 0 Å². The summed E-state index contributed by atoms with van der Waals surface area (Å²) < 4.78 is 5.16. The molecule has 2 rings (SSSR count). The van der Waals surface area contributed by atoms with Crippen LogP contribution in [-0.4, -0.2) is 30.7 Å². The van der Waals surface area contributed by atoms with Crippen molar-refractivity contribution in [1.29, 1.82) is 0 Å². The van der Waals surface area contributed by atoms with Gasteiger partial charge in [-0.25, -0.2) is 4.79 Å². The molecule has 1 aliphatic rings. The van der Waals surface area contributed by atoms with Crippen LogP contribution >= 0.6 is 0 Å². The normalized spacial score (nSPS) is 20.5. The van der Waals surface area contributed by atoms with Gasteiger partial charge >= 0.3 is 6.09 Å². The Kier molecular flexibility index (Phi) is 2.49. The van der Waals surface area contributed by atoms with Gasteiger partial charge in [-0.05, 0) is 11.6 Å². The van der Waals surface area contributed by atoms with Crippen molar-refractivity contribution >= 4 is 11.8 Å². The minimum atomic E-state index is -0.255. The molecular formula is C11H14N2O2. The quantitative estimate of drug-likeness (QED) is 0.741. The summed E-state index contributed by atoms with van der Waals surface area (Å²) in [5, 5.41) is 0. The third kappa shape index (κ3) is 2.03. The number of nitrogens with two attached hydrogens (primary N) is 1. The molecule has 1 aromatic rings. The molecule has 0 bridgehead atoms. The van der Waals surface area contributed by atoms with Gasteiger partial charge in [0.05, 0.1) is 6.54 Å². The average molecular weight is 206 g/mol. The lowest BCUT2D eigenvalue weighted by Crippen LogP contribution is -2.20. The van der Waals surface area contributed by atoms with Crippen molar-refractivity contribution < 1.29 is 9.53 Å². The highest BCUT2D eigenvalue weighted by molar-refractivity contribution is 5.69. The van der Waals surface area contributed by atoms with Gasteiger partial charge < -0.3 is 15.4 Å². The largest absolute Gasteiger partial charge is 0.444 e. The summed E-state index contributed by atoms with van der Waals surface area (Å²) in [4.78, 5) is 12.7. The van der Waals surface area contributed by atoms with Crippen molar-refractivity contribution in [3.8, 4) is 0 Å². The molecule has 0 saturated carbocycles. The van der Waals surface area contributed by atoms with Gasteiger partial charge in [0, 0.05) is 19.2 Å². The smallest absolute Gasteiger partial charge is 0.409 e. The zero-order valence-corrected chi connectivity index (χ0v) is 8.64. The molecule has 2 N–H and O–H groups in total. The molecule has 0 spiro atoms. The van der Waals surface area contributed by atoms with E-state index in [9.17, 15) is 4.79 Å². The maximum Gasteiger partial charge on any atom is 0.409 e. The molecule has 0 aromatic heterocycles. The summed E-state index contributed by atoms with van der Waals surface area (Å²) >= 11 is 0. The number of nitrogens with zero attached hydrogens (tertiary/aromatic N) is 1. The van der Waals surface area contributed by atoms with E-state index in [1.807, 2.05) is 24.3 Å². The minimum absolute atomic E-state index is 0.0767. The Hall–Kier alpha value is -1.71. The number of ether oxygens (including phenoxy) is 1. The van der Waals surface area contributed by atoms with Crippen molar-refractivity contribution in [2.75, 3.05) is 19.3 Å². The maximum atomic E-state index is 11.1. The maximum absolute atomic E-state index is 11.1. The second-order valence-electron chi connectivity index (χ2n) is 3.79. The van der Waals surface area contributed by atoms with Gasteiger partial charge in [0.25, 0.3) is 0 Å². The molecule has 1 heterocycles. The number of rotatable bonds is 2. The first-order valence-electron chi connectivity index (χ1n) is 4.92. The fraction of sp³-hybridized carbons (Fsp3) is 0.364. The van der Waals surface area contributed by atoms with Gasteiger partial charge in [-0.3, -0.25) is 0 Å². The topological polar surface area (TPSA) is 55.6 Å². The molecule has 1 amide bonds. The minimum Gasteiger partial charge on any atom is -0.444 e. The summed E-state index contributed by atoms with van der Waals surface area (Å²) in [6, 6.07) is 7.65. The van der Waals surface area contributed by atoms with E-state index in [0.717, 1.165) is 11.3 Å². The molecular weight excluding hydrogens is 192 g/mol. The number of likely N-dealkylation sites (N-methyl/N-ethyl adjacent to an activating group) is 1. The molecule has 0 aliphatic carbocycles. The van der Waals surface area contributed by atoms with Crippen molar-refractivity contribution in [1.82, 2.24) is 4.90 Å². The van der Waals surface area contributed by atoms with Crippen LogP contribution in [0.2, 0.25) is 0 Å². The Morgan fingerprint density at radius 1 is 1.53 bits per heavy atom. The van der Waals surface area contributed by atoms with Gasteiger partial charge in [-0.2, -0.15) is 0 Å². The molecule has 1 unspecified atom stereocenters. The summed E-state index contributed by atoms with van der Waals surface area (Å²) in [5.41, 5.74) is 7.60. The fourth-order valence-electron chi connectivity index (χ4n) is 1.72. The number of nitrogen functional groups attached to an aromatic ring is 1. The van der Waals surface area contributed by atoms with Crippen LogP contribution in [0.5, 0.6) is 0 Å². The molecule has 0 radical (unpaired) electrons. The third-order valence-corrected chi connectivity index (χ3v) is 2.56. The van der Waals surface area contributed by atoms with Crippen LogP contribution in [0.25, 0.3) is 0 Å². The number of amides is 1.